The van der Waals surface area contributed by atoms with Crippen molar-refractivity contribution in [3.05, 3.63) is 12.2 Å². The van der Waals surface area contributed by atoms with Crippen LogP contribution in [0.25, 0.3) is 0 Å². The molecular formula is C23H35NO4. The zero-order valence-corrected chi connectivity index (χ0v) is 17.3. The fourth-order valence-corrected chi connectivity index (χ4v) is 7.36. The van der Waals surface area contributed by atoms with Crippen molar-refractivity contribution in [1.82, 2.24) is 0 Å². The predicted octanol–water partition coefficient (Wildman–Crippen LogP) is 3.14. The van der Waals surface area contributed by atoms with Gasteiger partial charge in [-0.05, 0) is 56.3 Å². The Morgan fingerprint density at radius 2 is 2.00 bits per heavy atom. The van der Waals surface area contributed by atoms with E-state index in [-0.39, 0.29) is 35.9 Å². The second kappa shape index (κ2) is 6.66. The zero-order valence-electron chi connectivity index (χ0n) is 17.3. The number of rotatable bonds is 3. The normalized spacial score (nSPS) is 47.9. The van der Waals surface area contributed by atoms with E-state index in [2.05, 4.69) is 20.4 Å². The van der Waals surface area contributed by atoms with Crippen molar-refractivity contribution in [2.45, 2.75) is 83.3 Å². The van der Waals surface area contributed by atoms with Gasteiger partial charge in [0.15, 0.2) is 0 Å². The van der Waals surface area contributed by atoms with Gasteiger partial charge in [-0.2, -0.15) is 0 Å². The maximum atomic E-state index is 12.6. The van der Waals surface area contributed by atoms with Gasteiger partial charge >= 0.3 is 5.97 Å². The Labute approximate surface area is 168 Å². The molecule has 4 fully saturated rings. The Morgan fingerprint density at radius 1 is 1.25 bits per heavy atom. The number of carbonyl (C=O) groups excluding carboxylic acids is 2. The van der Waals surface area contributed by atoms with Crippen molar-refractivity contribution in [2.24, 2.45) is 34.3 Å². The number of ketones is 1. The molecule has 156 valence electrons. The molecule has 4 aliphatic carbocycles. The molecule has 0 aromatic rings. The Morgan fingerprint density at radius 3 is 2.71 bits per heavy atom. The van der Waals surface area contributed by atoms with E-state index in [1.54, 1.807) is 0 Å². The molecule has 0 amide bonds. The quantitative estimate of drug-likeness (QED) is 0.572. The smallest absolute Gasteiger partial charge is 0.307 e. The molecule has 5 heteroatoms. The molecule has 7 atom stereocenters. The molecule has 0 heterocycles. The Balaban J connectivity index is 1.59. The molecule has 5 nitrogen and oxygen atoms in total. The molecule has 28 heavy (non-hydrogen) atoms. The van der Waals surface area contributed by atoms with Crippen LogP contribution < -0.4 is 5.73 Å². The summed E-state index contributed by atoms with van der Waals surface area (Å²) >= 11 is 0. The van der Waals surface area contributed by atoms with Crippen LogP contribution in [0.2, 0.25) is 0 Å². The number of ether oxygens (including phenoxy) is 1. The lowest BCUT2D eigenvalue weighted by Crippen LogP contribution is -2.63. The highest BCUT2D eigenvalue weighted by molar-refractivity contribution is 5.87. The molecule has 0 radical (unpaired) electrons. The SMILES string of the molecule is C=C1C[C@@]2(O)C[C@@H](OC(=O)CCN)CC[C@]2(C)[C@H]2CC[C@]3(C)C(=O)CC[C@H]3[C@H]12. The summed E-state index contributed by atoms with van der Waals surface area (Å²) in [6, 6.07) is 0. The van der Waals surface area contributed by atoms with Gasteiger partial charge in [-0.1, -0.05) is 26.0 Å². The van der Waals surface area contributed by atoms with Gasteiger partial charge in [0.1, 0.15) is 11.9 Å². The minimum atomic E-state index is -0.895. The van der Waals surface area contributed by atoms with E-state index >= 15 is 0 Å². The molecule has 0 aromatic heterocycles. The maximum Gasteiger partial charge on any atom is 0.307 e. The minimum absolute atomic E-state index is 0.203. The fraction of sp³-hybridized carbons (Fsp3) is 0.826. The second-order valence-electron chi connectivity index (χ2n) is 10.3. The van der Waals surface area contributed by atoms with E-state index in [9.17, 15) is 14.7 Å². The third-order valence-corrected chi connectivity index (χ3v) is 9.05. The molecule has 0 bridgehead atoms. The lowest BCUT2D eigenvalue weighted by molar-refractivity contribution is -0.207. The molecule has 0 unspecified atom stereocenters. The van der Waals surface area contributed by atoms with Crippen LogP contribution in [0.15, 0.2) is 12.2 Å². The molecular weight excluding hydrogens is 354 g/mol. The third kappa shape index (κ3) is 2.72. The number of nitrogens with two attached hydrogens (primary N) is 1. The Hall–Kier alpha value is -1.20. The van der Waals surface area contributed by atoms with Crippen LogP contribution in [0, 0.1) is 28.6 Å². The van der Waals surface area contributed by atoms with Crippen LogP contribution in [-0.2, 0) is 14.3 Å². The summed E-state index contributed by atoms with van der Waals surface area (Å²) in [5.41, 5.74) is 5.24. The van der Waals surface area contributed by atoms with Gasteiger partial charge in [-0.3, -0.25) is 9.59 Å². The van der Waals surface area contributed by atoms with E-state index in [1.165, 1.54) is 0 Å². The number of fused-ring (bicyclic) bond motifs is 5. The molecule has 3 N–H and O–H groups in total. The molecule has 0 aliphatic heterocycles. The first kappa shape index (κ1) is 20.1. The number of hydrogen-bond donors (Lipinski definition) is 2. The summed E-state index contributed by atoms with van der Waals surface area (Å²) < 4.78 is 5.61. The van der Waals surface area contributed by atoms with Crippen molar-refractivity contribution in [2.75, 3.05) is 6.54 Å². The highest BCUT2D eigenvalue weighted by Crippen LogP contribution is 2.67. The molecule has 4 rings (SSSR count). The summed E-state index contributed by atoms with van der Waals surface area (Å²) in [6.45, 7) is 9.08. The number of carbonyl (C=O) groups is 2. The third-order valence-electron chi connectivity index (χ3n) is 9.05. The average Bonchev–Trinajstić information content (AvgIpc) is 2.92. The summed E-state index contributed by atoms with van der Waals surface area (Å²) in [6.07, 6.45) is 6.17. The summed E-state index contributed by atoms with van der Waals surface area (Å²) in [5.74, 6) is 1.19. The first-order chi connectivity index (χ1) is 13.1. The van der Waals surface area contributed by atoms with E-state index in [0.717, 1.165) is 37.7 Å². The lowest BCUT2D eigenvalue weighted by Gasteiger charge is -2.64. The van der Waals surface area contributed by atoms with Gasteiger partial charge in [0.25, 0.3) is 0 Å². The van der Waals surface area contributed by atoms with E-state index in [1.807, 2.05) is 0 Å². The van der Waals surface area contributed by atoms with E-state index in [0.29, 0.717) is 42.8 Å². The van der Waals surface area contributed by atoms with Crippen molar-refractivity contribution >= 4 is 11.8 Å². The molecule has 0 saturated heterocycles. The lowest BCUT2D eigenvalue weighted by atomic mass is 9.42. The number of aliphatic hydroxyl groups is 1. The number of esters is 1. The van der Waals surface area contributed by atoms with Crippen molar-refractivity contribution in [3.8, 4) is 0 Å². The first-order valence-corrected chi connectivity index (χ1v) is 11.0. The van der Waals surface area contributed by atoms with Crippen LogP contribution in [0.4, 0.5) is 0 Å². The van der Waals surface area contributed by atoms with Gasteiger partial charge in [0.05, 0.1) is 12.0 Å². The summed E-state index contributed by atoms with van der Waals surface area (Å²) in [4.78, 5) is 24.5. The number of Topliss-reactive ketones (excluding diaryl/α,β-unsaturated/α-hetero) is 1. The van der Waals surface area contributed by atoms with Gasteiger partial charge in [-0.15, -0.1) is 0 Å². The minimum Gasteiger partial charge on any atom is -0.462 e. The molecule has 0 aromatic carbocycles. The van der Waals surface area contributed by atoms with E-state index < -0.39 is 5.60 Å². The van der Waals surface area contributed by atoms with Crippen molar-refractivity contribution in [1.29, 1.82) is 0 Å². The zero-order chi connectivity index (χ0) is 20.3. The highest BCUT2D eigenvalue weighted by atomic mass is 16.5. The van der Waals surface area contributed by atoms with Crippen LogP contribution in [-0.4, -0.2) is 35.1 Å². The molecule has 4 aliphatic rings. The average molecular weight is 390 g/mol. The Bertz CT molecular complexity index is 705. The topological polar surface area (TPSA) is 89.6 Å². The monoisotopic (exact) mass is 389 g/mol. The van der Waals surface area contributed by atoms with E-state index in [4.69, 9.17) is 10.5 Å². The highest BCUT2D eigenvalue weighted by Gasteiger charge is 2.65. The second-order valence-corrected chi connectivity index (χ2v) is 10.3. The summed E-state index contributed by atoms with van der Waals surface area (Å²) in [5, 5.41) is 11.8. The molecule has 4 saturated carbocycles. The number of hydrogen-bond acceptors (Lipinski definition) is 5. The van der Waals surface area contributed by atoms with Crippen molar-refractivity contribution < 1.29 is 19.4 Å². The maximum absolute atomic E-state index is 12.6. The predicted molar refractivity (Wildman–Crippen MR) is 106 cm³/mol. The van der Waals surface area contributed by atoms with Crippen molar-refractivity contribution in [3.63, 3.8) is 0 Å². The van der Waals surface area contributed by atoms with Crippen LogP contribution in [0.5, 0.6) is 0 Å². The summed E-state index contributed by atoms with van der Waals surface area (Å²) in [7, 11) is 0. The van der Waals surface area contributed by atoms with Crippen LogP contribution >= 0.6 is 0 Å². The largest absolute Gasteiger partial charge is 0.462 e. The first-order valence-electron chi connectivity index (χ1n) is 11.0. The van der Waals surface area contributed by atoms with Gasteiger partial charge in [0.2, 0.25) is 0 Å². The van der Waals surface area contributed by atoms with Crippen LogP contribution in [0.3, 0.4) is 0 Å². The van der Waals surface area contributed by atoms with Gasteiger partial charge in [-0.25, -0.2) is 0 Å². The molecule has 0 spiro atoms. The fourth-order valence-electron chi connectivity index (χ4n) is 7.36. The van der Waals surface area contributed by atoms with Crippen LogP contribution in [0.1, 0.15) is 71.6 Å². The van der Waals surface area contributed by atoms with Gasteiger partial charge in [0, 0.05) is 30.2 Å². The van der Waals surface area contributed by atoms with Gasteiger partial charge < -0.3 is 15.6 Å². The standard InChI is InChI=1S/C23H35NO4/c1-14-12-23(27)13-15(28-19(26)8-11-24)6-10-22(23,3)17-7-9-21(2)16(20(14)17)4-5-18(21)25/h15-17,20,27H,1,4-13,24H2,2-3H3/t15-,16-,17-,20-,21-,22+,23+/m0/s1. The Kier molecular flexibility index (Phi) is 4.78.